The number of aliphatic hydroxyl groups is 10. The molecule has 0 aromatic rings. The van der Waals surface area contributed by atoms with Crippen molar-refractivity contribution in [3.05, 3.63) is 23.3 Å². The van der Waals surface area contributed by atoms with E-state index >= 15 is 0 Å². The number of rotatable bonds is 9. The van der Waals surface area contributed by atoms with Crippen LogP contribution in [0.3, 0.4) is 0 Å². The zero-order chi connectivity index (χ0) is 35.2. The average Bonchev–Trinajstić information content (AvgIpc) is 3.06. The molecular weight excluding hydrogens is 640 g/mol. The van der Waals surface area contributed by atoms with Crippen molar-refractivity contribution < 1.29 is 79.5 Å². The van der Waals surface area contributed by atoms with Crippen molar-refractivity contribution in [3.63, 3.8) is 0 Å². The van der Waals surface area contributed by atoms with Gasteiger partial charge in [0.05, 0.1) is 31.5 Å². The molecule has 48 heavy (non-hydrogen) atoms. The summed E-state index contributed by atoms with van der Waals surface area (Å²) < 4.78 is 34.3. The van der Waals surface area contributed by atoms with Crippen LogP contribution >= 0.6 is 0 Å². The van der Waals surface area contributed by atoms with Crippen molar-refractivity contribution in [3.8, 4) is 0 Å². The van der Waals surface area contributed by atoms with Crippen molar-refractivity contribution in [2.24, 2.45) is 11.8 Å². The van der Waals surface area contributed by atoms with Crippen LogP contribution in [0.4, 0.5) is 0 Å². The largest absolute Gasteiger partial charge is 0.394 e. The molecule has 19 unspecified atom stereocenters. The fraction of sp³-hybridized carbons (Fsp3) is 0.875. The van der Waals surface area contributed by atoms with Gasteiger partial charge in [-0.3, -0.25) is 0 Å². The van der Waals surface area contributed by atoms with Gasteiger partial charge in [-0.05, 0) is 45.4 Å². The molecule has 0 aromatic heterocycles. The van der Waals surface area contributed by atoms with E-state index in [0.29, 0.717) is 12.3 Å². The summed E-state index contributed by atoms with van der Waals surface area (Å²) in [6, 6.07) is 0. The van der Waals surface area contributed by atoms with Crippen molar-refractivity contribution >= 4 is 0 Å². The Morgan fingerprint density at radius 3 is 1.65 bits per heavy atom. The molecule has 10 N–H and O–H groups in total. The van der Waals surface area contributed by atoms with Crippen LogP contribution in [0.1, 0.15) is 46.5 Å². The molecule has 16 nitrogen and oxygen atoms in total. The molecule has 19 atom stereocenters. The Hall–Kier alpha value is -1.16. The fourth-order valence-electron chi connectivity index (χ4n) is 7.55. The predicted octanol–water partition coefficient (Wildman–Crippen LogP) is -3.08. The molecule has 5 aliphatic rings. The Morgan fingerprint density at radius 2 is 1.15 bits per heavy atom. The van der Waals surface area contributed by atoms with Gasteiger partial charge in [-0.25, -0.2) is 0 Å². The minimum atomic E-state index is -1.89. The standard InChI is InChI=1S/C32H52O16/c1-11(2)14-5-6-15-8-17(35)27(12(3)16(15)7-14)46-31-25(41)22(38)29(19(10-34)44-31)48-32-26(42)23(39)28(18(9-33)45-32)47-30-24(40)21(37)20(36)13(4)43-30/h12-14,17-42H,1,5-10H2,2-4H3. The third-order valence-electron chi connectivity index (χ3n) is 10.6. The summed E-state index contributed by atoms with van der Waals surface area (Å²) in [5.74, 6) is 0.0907. The maximum Gasteiger partial charge on any atom is 0.187 e. The molecule has 276 valence electrons. The lowest BCUT2D eigenvalue weighted by atomic mass is 9.70. The van der Waals surface area contributed by atoms with Crippen molar-refractivity contribution in [2.75, 3.05) is 13.2 Å². The van der Waals surface area contributed by atoms with E-state index < -0.39 is 118 Å². The van der Waals surface area contributed by atoms with E-state index in [2.05, 4.69) is 6.58 Å². The van der Waals surface area contributed by atoms with Gasteiger partial charge in [0.1, 0.15) is 67.1 Å². The van der Waals surface area contributed by atoms with E-state index in [1.165, 1.54) is 18.1 Å². The van der Waals surface area contributed by atoms with Gasteiger partial charge in [0, 0.05) is 5.92 Å². The lowest BCUT2D eigenvalue weighted by Crippen LogP contribution is -2.66. The van der Waals surface area contributed by atoms with Crippen molar-refractivity contribution in [2.45, 2.75) is 151 Å². The normalized spacial score (nSPS) is 50.2. The molecule has 3 heterocycles. The third-order valence-corrected chi connectivity index (χ3v) is 10.6. The quantitative estimate of drug-likeness (QED) is 0.108. The lowest BCUT2D eigenvalue weighted by molar-refractivity contribution is -0.381. The van der Waals surface area contributed by atoms with Gasteiger partial charge in [-0.15, -0.1) is 0 Å². The SMILES string of the molecule is C=C(C)C1CCC2=C(C1)C(C)C(OC1OC(CO)C(OC3OC(CO)C(OC4OC(C)C(O)C(O)C4O)C(O)C3O)C(O)C1O)C(O)C2. The van der Waals surface area contributed by atoms with E-state index in [1.54, 1.807) is 0 Å². The smallest absolute Gasteiger partial charge is 0.187 e. The highest BCUT2D eigenvalue weighted by molar-refractivity contribution is 5.28. The number of hydrogen-bond acceptors (Lipinski definition) is 16. The zero-order valence-electron chi connectivity index (χ0n) is 27.3. The summed E-state index contributed by atoms with van der Waals surface area (Å²) in [4.78, 5) is 0. The van der Waals surface area contributed by atoms with Crippen LogP contribution in [0.15, 0.2) is 23.3 Å². The molecule has 3 saturated heterocycles. The van der Waals surface area contributed by atoms with E-state index in [0.717, 1.165) is 24.8 Å². The first-order valence-electron chi connectivity index (χ1n) is 16.6. The van der Waals surface area contributed by atoms with E-state index in [9.17, 15) is 51.1 Å². The Kier molecular flexibility index (Phi) is 12.4. The molecule has 16 heteroatoms. The van der Waals surface area contributed by atoms with E-state index in [1.807, 2.05) is 13.8 Å². The monoisotopic (exact) mass is 692 g/mol. The Labute approximate surface area is 278 Å². The number of hydrogen-bond donors (Lipinski definition) is 10. The van der Waals surface area contributed by atoms with Crippen LogP contribution in [0.5, 0.6) is 0 Å². The van der Waals surface area contributed by atoms with E-state index in [4.69, 9.17) is 28.4 Å². The molecule has 0 radical (unpaired) electrons. The summed E-state index contributed by atoms with van der Waals surface area (Å²) in [7, 11) is 0. The summed E-state index contributed by atoms with van der Waals surface area (Å²) in [6.07, 6.45) is -22.2. The van der Waals surface area contributed by atoms with E-state index in [-0.39, 0.29) is 5.92 Å². The van der Waals surface area contributed by atoms with Gasteiger partial charge in [-0.1, -0.05) is 30.2 Å². The van der Waals surface area contributed by atoms with Crippen LogP contribution < -0.4 is 0 Å². The number of ether oxygens (including phenoxy) is 6. The molecule has 0 saturated carbocycles. The molecule has 2 aliphatic carbocycles. The van der Waals surface area contributed by atoms with Crippen LogP contribution in [0, 0.1) is 11.8 Å². The second kappa shape index (κ2) is 15.6. The first-order chi connectivity index (χ1) is 22.7. The van der Waals surface area contributed by atoms with Crippen LogP contribution in [-0.2, 0) is 28.4 Å². The molecule has 0 aromatic carbocycles. The minimum absolute atomic E-state index is 0.227. The van der Waals surface area contributed by atoms with Crippen molar-refractivity contribution in [1.29, 1.82) is 0 Å². The fourth-order valence-corrected chi connectivity index (χ4v) is 7.55. The minimum Gasteiger partial charge on any atom is -0.394 e. The molecule has 3 fully saturated rings. The predicted molar refractivity (Wildman–Crippen MR) is 161 cm³/mol. The molecule has 5 rings (SSSR count). The maximum absolute atomic E-state index is 11.1. The second-order valence-corrected chi connectivity index (χ2v) is 13.9. The average molecular weight is 693 g/mol. The lowest BCUT2D eigenvalue weighted by Gasteiger charge is -2.49. The highest BCUT2D eigenvalue weighted by Gasteiger charge is 2.54. The molecular formula is C32H52O16. The molecule has 0 amide bonds. The summed E-state index contributed by atoms with van der Waals surface area (Å²) >= 11 is 0. The highest BCUT2D eigenvalue weighted by Crippen LogP contribution is 2.45. The molecule has 3 aliphatic heterocycles. The Morgan fingerprint density at radius 1 is 0.667 bits per heavy atom. The zero-order valence-corrected chi connectivity index (χ0v) is 27.3. The first-order valence-corrected chi connectivity index (χ1v) is 16.6. The van der Waals surface area contributed by atoms with Gasteiger partial charge in [0.25, 0.3) is 0 Å². The Bertz CT molecular complexity index is 1130. The second-order valence-electron chi connectivity index (χ2n) is 13.9. The van der Waals surface area contributed by atoms with Crippen molar-refractivity contribution in [1.82, 2.24) is 0 Å². The van der Waals surface area contributed by atoms with Gasteiger partial charge in [0.15, 0.2) is 18.9 Å². The highest BCUT2D eigenvalue weighted by atomic mass is 16.8. The number of allylic oxidation sites excluding steroid dienone is 1. The maximum atomic E-state index is 11.1. The van der Waals surface area contributed by atoms with Gasteiger partial charge in [-0.2, -0.15) is 0 Å². The molecule has 0 bridgehead atoms. The summed E-state index contributed by atoms with van der Waals surface area (Å²) in [6.45, 7) is 7.95. The molecule has 0 spiro atoms. The van der Waals surface area contributed by atoms with Crippen LogP contribution in [-0.4, -0.2) is 169 Å². The number of aliphatic hydroxyl groups excluding tert-OH is 10. The Balaban J connectivity index is 1.24. The van der Waals surface area contributed by atoms with Gasteiger partial charge < -0.3 is 79.5 Å². The third kappa shape index (κ3) is 7.41. The van der Waals surface area contributed by atoms with Gasteiger partial charge in [0.2, 0.25) is 0 Å². The van der Waals surface area contributed by atoms with Crippen LogP contribution in [0.25, 0.3) is 0 Å². The van der Waals surface area contributed by atoms with Crippen LogP contribution in [0.2, 0.25) is 0 Å². The first kappa shape index (κ1) is 38.1. The topological polar surface area (TPSA) is 258 Å². The summed E-state index contributed by atoms with van der Waals surface area (Å²) in [5.41, 5.74) is 3.45. The van der Waals surface area contributed by atoms with Gasteiger partial charge >= 0.3 is 0 Å². The summed E-state index contributed by atoms with van der Waals surface area (Å²) in [5, 5.41) is 106.